The number of hydrogen-bond donors (Lipinski definition) is 4. The van der Waals surface area contributed by atoms with Crippen molar-refractivity contribution in [2.45, 2.75) is 62.5 Å². The van der Waals surface area contributed by atoms with Crippen molar-refractivity contribution < 1.29 is 39.4 Å². The Balaban J connectivity index is 1.49. The van der Waals surface area contributed by atoms with E-state index < -0.39 is 36.8 Å². The van der Waals surface area contributed by atoms with Gasteiger partial charge in [0.05, 0.1) is 19.3 Å². The predicted molar refractivity (Wildman–Crippen MR) is 124 cm³/mol. The summed E-state index contributed by atoms with van der Waals surface area (Å²) < 4.78 is 22.7. The normalized spacial score (nSPS) is 29.2. The monoisotopic (exact) mass is 474 g/mol. The molecule has 1 saturated heterocycles. The van der Waals surface area contributed by atoms with E-state index in [9.17, 15) is 20.4 Å². The molecular weight excluding hydrogens is 440 g/mol. The maximum absolute atomic E-state index is 10.8. The highest BCUT2D eigenvalue weighted by Crippen LogP contribution is 2.40. The number of rotatable bonds is 10. The Hall–Kier alpha value is -2.04. The zero-order valence-corrected chi connectivity index (χ0v) is 19.6. The van der Waals surface area contributed by atoms with Crippen molar-refractivity contribution in [2.24, 2.45) is 0 Å². The molecule has 8 nitrogen and oxygen atoms in total. The zero-order chi connectivity index (χ0) is 24.3. The number of benzene rings is 2. The van der Waals surface area contributed by atoms with Crippen LogP contribution in [0.4, 0.5) is 0 Å². The summed E-state index contributed by atoms with van der Waals surface area (Å²) in [5.41, 5.74) is 3.58. The third-order valence-electron chi connectivity index (χ3n) is 6.55. The molecule has 5 atom stereocenters. The van der Waals surface area contributed by atoms with Gasteiger partial charge in [0.2, 0.25) is 5.79 Å². The van der Waals surface area contributed by atoms with E-state index in [0.29, 0.717) is 31.3 Å². The molecule has 1 aliphatic carbocycles. The number of ether oxygens (including phenoxy) is 4. The first kappa shape index (κ1) is 25.1. The third-order valence-corrected chi connectivity index (χ3v) is 6.55. The molecule has 0 unspecified atom stereocenters. The van der Waals surface area contributed by atoms with Crippen LogP contribution in [0.1, 0.15) is 35.1 Å². The van der Waals surface area contributed by atoms with E-state index in [-0.39, 0.29) is 0 Å². The maximum atomic E-state index is 10.8. The van der Waals surface area contributed by atoms with Crippen molar-refractivity contribution >= 4 is 0 Å². The molecule has 2 aliphatic rings. The minimum absolute atomic E-state index is 0.421. The molecule has 0 amide bonds. The van der Waals surface area contributed by atoms with Crippen LogP contribution in [0, 0.1) is 6.92 Å². The molecule has 4 N–H and O–H groups in total. The highest BCUT2D eigenvalue weighted by molar-refractivity contribution is 5.39. The van der Waals surface area contributed by atoms with Gasteiger partial charge in [0, 0.05) is 12.7 Å². The Morgan fingerprint density at radius 2 is 1.74 bits per heavy atom. The fraction of sp³-hybridized carbons (Fsp3) is 0.538. The van der Waals surface area contributed by atoms with Crippen LogP contribution in [0.5, 0.6) is 5.75 Å². The van der Waals surface area contributed by atoms with Gasteiger partial charge in [0.1, 0.15) is 36.8 Å². The molecule has 1 heterocycles. The van der Waals surface area contributed by atoms with E-state index in [1.807, 2.05) is 43.3 Å². The number of methoxy groups -OCH3 is 1. The lowest BCUT2D eigenvalue weighted by Gasteiger charge is -2.47. The molecule has 4 rings (SSSR count). The van der Waals surface area contributed by atoms with Gasteiger partial charge in [-0.25, -0.2) is 0 Å². The van der Waals surface area contributed by atoms with E-state index in [0.717, 1.165) is 35.3 Å². The van der Waals surface area contributed by atoms with Gasteiger partial charge in [-0.3, -0.25) is 0 Å². The molecule has 2 fully saturated rings. The van der Waals surface area contributed by atoms with Crippen molar-refractivity contribution in [3.05, 3.63) is 64.7 Å². The van der Waals surface area contributed by atoms with Crippen molar-refractivity contribution in [1.29, 1.82) is 0 Å². The predicted octanol–water partition coefficient (Wildman–Crippen LogP) is 1.42. The van der Waals surface area contributed by atoms with Crippen molar-refractivity contribution in [1.82, 2.24) is 0 Å². The molecule has 186 valence electrons. The Bertz CT molecular complexity index is 942. The van der Waals surface area contributed by atoms with Crippen LogP contribution in [-0.2, 0) is 26.4 Å². The molecule has 2 aromatic rings. The first-order chi connectivity index (χ1) is 16.4. The summed E-state index contributed by atoms with van der Waals surface area (Å²) in [7, 11) is 1.36. The van der Waals surface area contributed by atoms with Gasteiger partial charge in [-0.05, 0) is 61.1 Å². The second-order valence-electron chi connectivity index (χ2n) is 9.02. The molecular formula is C26H34O8. The second-order valence-corrected chi connectivity index (χ2v) is 9.02. The molecule has 0 bridgehead atoms. The van der Waals surface area contributed by atoms with Crippen LogP contribution in [0.25, 0.3) is 0 Å². The van der Waals surface area contributed by atoms with Crippen LogP contribution in [-0.4, -0.2) is 77.9 Å². The molecule has 0 spiro atoms. The van der Waals surface area contributed by atoms with Crippen LogP contribution < -0.4 is 4.74 Å². The Labute approximate surface area is 199 Å². The summed E-state index contributed by atoms with van der Waals surface area (Å²) in [6.45, 7) is 2.57. The largest absolute Gasteiger partial charge is 0.491 e. The van der Waals surface area contributed by atoms with Gasteiger partial charge in [0.15, 0.2) is 0 Å². The van der Waals surface area contributed by atoms with Gasteiger partial charge < -0.3 is 39.4 Å². The van der Waals surface area contributed by atoms with Gasteiger partial charge in [-0.2, -0.15) is 0 Å². The molecule has 2 aromatic carbocycles. The first-order valence-corrected chi connectivity index (χ1v) is 11.7. The summed E-state index contributed by atoms with van der Waals surface area (Å²) >= 11 is 0. The molecule has 1 aliphatic heterocycles. The van der Waals surface area contributed by atoms with E-state index in [2.05, 4.69) is 0 Å². The minimum atomic E-state index is -1.73. The molecule has 0 aromatic heterocycles. The summed E-state index contributed by atoms with van der Waals surface area (Å²) in [6, 6.07) is 13.4. The average molecular weight is 475 g/mol. The Morgan fingerprint density at radius 1 is 1.00 bits per heavy atom. The van der Waals surface area contributed by atoms with E-state index in [1.54, 1.807) is 6.07 Å². The number of aryl methyl sites for hydroxylation is 1. The second kappa shape index (κ2) is 10.7. The average Bonchev–Trinajstić information content (AvgIpc) is 3.68. The van der Waals surface area contributed by atoms with E-state index >= 15 is 0 Å². The lowest BCUT2D eigenvalue weighted by atomic mass is 9.86. The van der Waals surface area contributed by atoms with Crippen molar-refractivity contribution in [3.63, 3.8) is 0 Å². The molecule has 1 saturated carbocycles. The van der Waals surface area contributed by atoms with Crippen LogP contribution in [0.2, 0.25) is 0 Å². The maximum Gasteiger partial charge on any atom is 0.224 e. The SMILES string of the molecule is CO[C@@]1(c2ccc(C)c(Cc3ccc(OCCOC4CC4)cc3)c2)O[C@H](CO)[C@@H](O)[C@H](O)[C@H]1O. The molecule has 8 heteroatoms. The molecule has 34 heavy (non-hydrogen) atoms. The topological polar surface area (TPSA) is 118 Å². The van der Waals surface area contributed by atoms with Gasteiger partial charge in [-0.15, -0.1) is 0 Å². The quantitative estimate of drug-likeness (QED) is 0.382. The summed E-state index contributed by atoms with van der Waals surface area (Å²) in [6.07, 6.45) is -2.30. The zero-order valence-electron chi connectivity index (χ0n) is 19.6. The Morgan fingerprint density at radius 3 is 2.38 bits per heavy atom. The van der Waals surface area contributed by atoms with Crippen LogP contribution in [0.3, 0.4) is 0 Å². The smallest absolute Gasteiger partial charge is 0.224 e. The van der Waals surface area contributed by atoms with Crippen molar-refractivity contribution in [3.8, 4) is 5.75 Å². The highest BCUT2D eigenvalue weighted by Gasteiger charge is 2.55. The lowest BCUT2D eigenvalue weighted by Crippen LogP contribution is -2.64. The summed E-state index contributed by atoms with van der Waals surface area (Å²) in [5, 5.41) is 40.9. The molecule has 0 radical (unpaired) electrons. The van der Waals surface area contributed by atoms with Crippen LogP contribution >= 0.6 is 0 Å². The van der Waals surface area contributed by atoms with E-state index in [4.69, 9.17) is 18.9 Å². The summed E-state index contributed by atoms with van der Waals surface area (Å²) in [5.74, 6) is -0.942. The lowest BCUT2D eigenvalue weighted by molar-refractivity contribution is -0.366. The van der Waals surface area contributed by atoms with Gasteiger partial charge >= 0.3 is 0 Å². The number of aliphatic hydroxyl groups is 4. The van der Waals surface area contributed by atoms with E-state index in [1.165, 1.54) is 7.11 Å². The fourth-order valence-corrected chi connectivity index (χ4v) is 4.28. The number of hydrogen-bond acceptors (Lipinski definition) is 8. The first-order valence-electron chi connectivity index (χ1n) is 11.7. The van der Waals surface area contributed by atoms with Gasteiger partial charge in [-0.1, -0.05) is 24.3 Å². The highest BCUT2D eigenvalue weighted by atomic mass is 16.7. The fourth-order valence-electron chi connectivity index (χ4n) is 4.28. The van der Waals surface area contributed by atoms with Gasteiger partial charge in [0.25, 0.3) is 0 Å². The standard InChI is InChI=1S/C26H34O8/c1-16-3-6-19(26(31-2)25(30)24(29)23(28)22(15-27)34-26)14-18(16)13-17-4-7-20(8-5-17)32-11-12-33-21-9-10-21/h3-8,14,21-25,27-30H,9-13,15H2,1-2H3/t22-,23-,24+,25-,26+/m1/s1. The third kappa shape index (κ3) is 5.28. The van der Waals surface area contributed by atoms with Crippen molar-refractivity contribution in [2.75, 3.05) is 26.9 Å². The summed E-state index contributed by atoms with van der Waals surface area (Å²) in [4.78, 5) is 0. The van der Waals surface area contributed by atoms with Crippen LogP contribution in [0.15, 0.2) is 42.5 Å². The Kier molecular flexibility index (Phi) is 7.89. The minimum Gasteiger partial charge on any atom is -0.491 e. The number of aliphatic hydroxyl groups excluding tert-OH is 4.